The lowest BCUT2D eigenvalue weighted by Gasteiger charge is -2.19. The molecule has 2 aromatic rings. The van der Waals surface area contributed by atoms with Gasteiger partial charge in [-0.05, 0) is 31.2 Å². The molecule has 2 aromatic carbocycles. The molecule has 2 rings (SSSR count). The van der Waals surface area contributed by atoms with Crippen LogP contribution in [-0.2, 0) is 0 Å². The summed E-state index contributed by atoms with van der Waals surface area (Å²) in [5.41, 5.74) is 0.707. The Balaban J connectivity index is 2.50. The Morgan fingerprint density at radius 1 is 1.19 bits per heavy atom. The molecule has 21 heavy (non-hydrogen) atoms. The molecule has 5 heteroatoms. The number of anilines is 1. The highest BCUT2D eigenvalue weighted by molar-refractivity contribution is 6.06. The normalized spacial score (nSPS) is 10.6. The Bertz CT molecular complexity index is 657. The van der Waals surface area contributed by atoms with Crippen molar-refractivity contribution in [1.29, 1.82) is 0 Å². The van der Waals surface area contributed by atoms with Crippen LogP contribution in [0.4, 0.5) is 10.1 Å². The Morgan fingerprint density at radius 2 is 1.90 bits per heavy atom. The molecule has 0 unspecified atom stereocenters. The van der Waals surface area contributed by atoms with Crippen LogP contribution in [0, 0.1) is 5.82 Å². The van der Waals surface area contributed by atoms with Crippen LogP contribution < -0.4 is 9.75 Å². The number of ether oxygens (including phenoxy) is 1. The van der Waals surface area contributed by atoms with E-state index in [-0.39, 0.29) is 17.3 Å². The smallest absolute Gasteiger partial charge is 0.278 e. The van der Waals surface area contributed by atoms with Gasteiger partial charge >= 0.3 is 0 Å². The van der Waals surface area contributed by atoms with Crippen LogP contribution in [0.25, 0.3) is 0 Å². The Labute approximate surface area is 122 Å². The molecule has 0 heterocycles. The van der Waals surface area contributed by atoms with Crippen molar-refractivity contribution in [3.05, 3.63) is 59.9 Å². The number of hydrogen-bond donors (Lipinski definition) is 0. The summed E-state index contributed by atoms with van der Waals surface area (Å²) in [5, 5.41) is 5.15. The summed E-state index contributed by atoms with van der Waals surface area (Å²) >= 11 is 0. The van der Waals surface area contributed by atoms with Crippen LogP contribution in [-0.4, -0.2) is 19.2 Å². The van der Waals surface area contributed by atoms with Gasteiger partial charge in [0.1, 0.15) is 5.69 Å². The topological polar surface area (TPSA) is 41.9 Å². The van der Waals surface area contributed by atoms with Gasteiger partial charge in [0.15, 0.2) is 11.6 Å². The van der Waals surface area contributed by atoms with Crippen LogP contribution in [0.15, 0.2) is 53.6 Å². The molecule has 0 spiro atoms. The average Bonchev–Trinajstić information content (AvgIpc) is 2.52. The lowest BCUT2D eigenvalue weighted by Crippen LogP contribution is -2.26. The van der Waals surface area contributed by atoms with Gasteiger partial charge in [-0.25, -0.2) is 4.39 Å². The maximum atomic E-state index is 13.8. The third-order valence-corrected chi connectivity index (χ3v) is 2.82. The molecule has 0 aliphatic heterocycles. The Hall–Kier alpha value is -2.69. The van der Waals surface area contributed by atoms with E-state index >= 15 is 0 Å². The SMILES string of the molecule is CC=NN(C(=O)c1ccccc1)c1cccc(F)c1OC. The van der Waals surface area contributed by atoms with E-state index in [1.165, 1.54) is 25.5 Å². The monoisotopic (exact) mass is 286 g/mol. The average molecular weight is 286 g/mol. The molecule has 1 amide bonds. The van der Waals surface area contributed by atoms with Gasteiger partial charge in [0.25, 0.3) is 5.91 Å². The summed E-state index contributed by atoms with van der Waals surface area (Å²) in [7, 11) is 1.35. The van der Waals surface area contributed by atoms with Crippen LogP contribution in [0.3, 0.4) is 0 Å². The van der Waals surface area contributed by atoms with Gasteiger partial charge in [0, 0.05) is 11.8 Å². The highest BCUT2D eigenvalue weighted by Gasteiger charge is 2.22. The minimum Gasteiger partial charge on any atom is -0.492 e. The summed E-state index contributed by atoms with van der Waals surface area (Å²) in [6, 6.07) is 13.0. The van der Waals surface area contributed by atoms with Crippen LogP contribution in [0.2, 0.25) is 0 Å². The second kappa shape index (κ2) is 6.65. The van der Waals surface area contributed by atoms with Crippen molar-refractivity contribution in [3.63, 3.8) is 0 Å². The van der Waals surface area contributed by atoms with Gasteiger partial charge in [-0.2, -0.15) is 10.1 Å². The van der Waals surface area contributed by atoms with Crippen molar-refractivity contribution < 1.29 is 13.9 Å². The summed E-state index contributed by atoms with van der Waals surface area (Å²) in [6.45, 7) is 1.68. The fraction of sp³-hybridized carbons (Fsp3) is 0.125. The first-order chi connectivity index (χ1) is 10.2. The van der Waals surface area contributed by atoms with Gasteiger partial charge in [-0.1, -0.05) is 24.3 Å². The second-order valence-electron chi connectivity index (χ2n) is 4.15. The van der Waals surface area contributed by atoms with Crippen molar-refractivity contribution in [3.8, 4) is 5.75 Å². The van der Waals surface area contributed by atoms with E-state index in [1.54, 1.807) is 37.3 Å². The van der Waals surface area contributed by atoms with Gasteiger partial charge in [-0.15, -0.1) is 0 Å². The standard InChI is InChI=1S/C16H15FN2O2/c1-3-18-19(16(20)12-8-5-4-6-9-12)14-11-7-10-13(17)15(14)21-2/h3-11H,1-2H3. The molecule has 0 fully saturated rings. The molecule has 0 saturated carbocycles. The molecular formula is C16H15FN2O2. The van der Waals surface area contributed by atoms with Crippen molar-refractivity contribution in [2.75, 3.05) is 12.1 Å². The molecule has 0 atom stereocenters. The summed E-state index contributed by atoms with van der Waals surface area (Å²) in [5.74, 6) is -0.933. The van der Waals surface area contributed by atoms with Crippen molar-refractivity contribution >= 4 is 17.8 Å². The molecule has 0 saturated heterocycles. The molecular weight excluding hydrogens is 271 g/mol. The number of hydrazone groups is 1. The molecule has 0 bridgehead atoms. The highest BCUT2D eigenvalue weighted by atomic mass is 19.1. The van der Waals surface area contributed by atoms with Crippen molar-refractivity contribution in [2.24, 2.45) is 5.10 Å². The van der Waals surface area contributed by atoms with Gasteiger partial charge in [0.05, 0.1) is 7.11 Å². The van der Waals surface area contributed by atoms with Gasteiger partial charge in [-0.3, -0.25) is 4.79 Å². The minimum atomic E-state index is -0.549. The van der Waals surface area contributed by atoms with Crippen LogP contribution in [0.5, 0.6) is 5.75 Å². The summed E-state index contributed by atoms with van der Waals surface area (Å²) < 4.78 is 18.8. The number of methoxy groups -OCH3 is 1. The predicted molar refractivity (Wildman–Crippen MR) is 80.4 cm³/mol. The lowest BCUT2D eigenvalue weighted by atomic mass is 10.2. The third kappa shape index (κ3) is 3.08. The largest absolute Gasteiger partial charge is 0.492 e. The van der Waals surface area contributed by atoms with E-state index in [0.29, 0.717) is 5.56 Å². The number of carbonyl (C=O) groups is 1. The zero-order valence-electron chi connectivity index (χ0n) is 11.8. The molecule has 0 aromatic heterocycles. The Kier molecular flexibility index (Phi) is 4.66. The number of amides is 1. The Morgan fingerprint density at radius 3 is 2.52 bits per heavy atom. The fourth-order valence-electron chi connectivity index (χ4n) is 1.91. The molecule has 0 radical (unpaired) electrons. The maximum Gasteiger partial charge on any atom is 0.278 e. The first-order valence-corrected chi connectivity index (χ1v) is 6.39. The predicted octanol–water partition coefficient (Wildman–Crippen LogP) is 3.49. The number of benzene rings is 2. The number of hydrogen-bond acceptors (Lipinski definition) is 3. The van der Waals surface area contributed by atoms with E-state index < -0.39 is 5.82 Å². The van der Waals surface area contributed by atoms with Crippen LogP contribution >= 0.6 is 0 Å². The quantitative estimate of drug-likeness (QED) is 0.638. The van der Waals surface area contributed by atoms with E-state index in [9.17, 15) is 9.18 Å². The van der Waals surface area contributed by atoms with E-state index in [4.69, 9.17) is 4.74 Å². The summed E-state index contributed by atoms with van der Waals surface area (Å²) in [4.78, 5) is 12.5. The molecule has 0 aliphatic rings. The third-order valence-electron chi connectivity index (χ3n) is 2.82. The molecule has 0 N–H and O–H groups in total. The fourth-order valence-corrected chi connectivity index (χ4v) is 1.91. The maximum absolute atomic E-state index is 13.8. The number of nitrogens with zero attached hydrogens (tertiary/aromatic N) is 2. The number of rotatable bonds is 4. The number of halogens is 1. The number of para-hydroxylation sites is 1. The molecule has 4 nitrogen and oxygen atoms in total. The second-order valence-corrected chi connectivity index (χ2v) is 4.15. The minimum absolute atomic E-state index is 0.0209. The van der Waals surface area contributed by atoms with Gasteiger partial charge < -0.3 is 4.74 Å². The molecule has 108 valence electrons. The highest BCUT2D eigenvalue weighted by Crippen LogP contribution is 2.32. The first kappa shape index (κ1) is 14.7. The van der Waals surface area contributed by atoms with E-state index in [1.807, 2.05) is 6.07 Å². The summed E-state index contributed by atoms with van der Waals surface area (Å²) in [6.07, 6.45) is 1.46. The lowest BCUT2D eigenvalue weighted by molar-refractivity contribution is 0.0987. The van der Waals surface area contributed by atoms with Gasteiger partial charge in [0.2, 0.25) is 0 Å². The number of carbonyl (C=O) groups excluding carboxylic acids is 1. The van der Waals surface area contributed by atoms with Crippen molar-refractivity contribution in [2.45, 2.75) is 6.92 Å². The zero-order chi connectivity index (χ0) is 15.2. The van der Waals surface area contributed by atoms with E-state index in [2.05, 4.69) is 5.10 Å². The first-order valence-electron chi connectivity index (χ1n) is 6.39. The van der Waals surface area contributed by atoms with Crippen molar-refractivity contribution in [1.82, 2.24) is 0 Å². The zero-order valence-corrected chi connectivity index (χ0v) is 11.8. The van der Waals surface area contributed by atoms with Crippen LogP contribution in [0.1, 0.15) is 17.3 Å². The molecule has 0 aliphatic carbocycles. The van der Waals surface area contributed by atoms with E-state index in [0.717, 1.165) is 5.01 Å².